The Morgan fingerprint density at radius 1 is 1.05 bits per heavy atom. The van der Waals surface area contributed by atoms with E-state index < -0.39 is 0 Å². The van der Waals surface area contributed by atoms with Crippen molar-refractivity contribution in [2.75, 3.05) is 18.5 Å². The summed E-state index contributed by atoms with van der Waals surface area (Å²) in [4.78, 5) is 0. The molecule has 0 unspecified atom stereocenters. The van der Waals surface area contributed by atoms with Crippen LogP contribution in [0.1, 0.15) is 23.6 Å². The highest BCUT2D eigenvalue weighted by Gasteiger charge is 2.54. The van der Waals surface area contributed by atoms with Crippen LogP contribution in [0.4, 0.5) is 5.69 Å². The molecular weight excluding hydrogens is 260 g/mol. The van der Waals surface area contributed by atoms with Gasteiger partial charge in [-0.3, -0.25) is 0 Å². The van der Waals surface area contributed by atoms with Gasteiger partial charge in [0.25, 0.3) is 0 Å². The molecular formula is C18H20N2O. The zero-order valence-electron chi connectivity index (χ0n) is 11.9. The zero-order chi connectivity index (χ0) is 14.3. The van der Waals surface area contributed by atoms with Crippen molar-refractivity contribution < 1.29 is 5.11 Å². The van der Waals surface area contributed by atoms with Gasteiger partial charge >= 0.3 is 0 Å². The van der Waals surface area contributed by atoms with E-state index in [2.05, 4.69) is 65.2 Å². The lowest BCUT2D eigenvalue weighted by Gasteiger charge is -2.36. The second kappa shape index (κ2) is 4.86. The van der Waals surface area contributed by atoms with Gasteiger partial charge in [0.1, 0.15) is 0 Å². The van der Waals surface area contributed by atoms with Crippen molar-refractivity contribution in [2.24, 2.45) is 0 Å². The molecule has 1 spiro atoms. The Labute approximate surface area is 125 Å². The van der Waals surface area contributed by atoms with Crippen LogP contribution in [0.5, 0.6) is 0 Å². The molecule has 3 heteroatoms. The van der Waals surface area contributed by atoms with Crippen LogP contribution in [-0.4, -0.2) is 24.3 Å². The van der Waals surface area contributed by atoms with Crippen LogP contribution >= 0.6 is 0 Å². The fourth-order valence-corrected chi connectivity index (χ4v) is 4.19. The molecule has 1 fully saturated rings. The summed E-state index contributed by atoms with van der Waals surface area (Å²) in [6.45, 7) is 1.12. The lowest BCUT2D eigenvalue weighted by Crippen LogP contribution is -2.46. The van der Waals surface area contributed by atoms with Crippen LogP contribution in [0.25, 0.3) is 0 Å². The molecule has 2 heterocycles. The highest BCUT2D eigenvalue weighted by atomic mass is 16.3. The van der Waals surface area contributed by atoms with E-state index in [1.165, 1.54) is 16.8 Å². The summed E-state index contributed by atoms with van der Waals surface area (Å²) in [5.74, 6) is 0. The molecule has 0 amide bonds. The first-order valence-electron chi connectivity index (χ1n) is 7.61. The van der Waals surface area contributed by atoms with Crippen molar-refractivity contribution in [1.29, 1.82) is 0 Å². The van der Waals surface area contributed by atoms with Gasteiger partial charge in [-0.2, -0.15) is 0 Å². The number of benzene rings is 2. The number of para-hydroxylation sites is 1. The van der Waals surface area contributed by atoms with Gasteiger partial charge in [0.05, 0.1) is 12.6 Å². The largest absolute Gasteiger partial charge is 0.395 e. The third-order valence-corrected chi connectivity index (χ3v) is 5.11. The quantitative estimate of drug-likeness (QED) is 0.792. The van der Waals surface area contributed by atoms with Gasteiger partial charge in [-0.15, -0.1) is 0 Å². The van der Waals surface area contributed by atoms with Gasteiger partial charge in [0.2, 0.25) is 0 Å². The monoisotopic (exact) mass is 280 g/mol. The number of hydrogen-bond acceptors (Lipinski definition) is 3. The van der Waals surface area contributed by atoms with Gasteiger partial charge in [-0.1, -0.05) is 48.5 Å². The van der Waals surface area contributed by atoms with Crippen molar-refractivity contribution in [3.8, 4) is 0 Å². The molecule has 3 atom stereocenters. The molecule has 0 radical (unpaired) electrons. The first-order valence-corrected chi connectivity index (χ1v) is 7.61. The van der Waals surface area contributed by atoms with Crippen molar-refractivity contribution >= 4 is 5.69 Å². The van der Waals surface area contributed by atoms with Crippen LogP contribution < -0.4 is 10.6 Å². The van der Waals surface area contributed by atoms with Gasteiger partial charge in [0, 0.05) is 17.1 Å². The molecule has 0 saturated carbocycles. The van der Waals surface area contributed by atoms with Gasteiger partial charge < -0.3 is 15.7 Å². The molecule has 108 valence electrons. The van der Waals surface area contributed by atoms with Crippen LogP contribution in [0.3, 0.4) is 0 Å². The van der Waals surface area contributed by atoms with Crippen molar-refractivity contribution in [1.82, 2.24) is 5.32 Å². The molecule has 2 aromatic rings. The van der Waals surface area contributed by atoms with E-state index in [0.29, 0.717) is 0 Å². The van der Waals surface area contributed by atoms with E-state index in [0.717, 1.165) is 13.0 Å². The second-order valence-corrected chi connectivity index (χ2v) is 6.01. The van der Waals surface area contributed by atoms with E-state index in [4.69, 9.17) is 0 Å². The lowest BCUT2D eigenvalue weighted by atomic mass is 9.69. The highest BCUT2D eigenvalue weighted by molar-refractivity contribution is 5.65. The summed E-state index contributed by atoms with van der Waals surface area (Å²) < 4.78 is 0. The van der Waals surface area contributed by atoms with Gasteiger partial charge in [-0.05, 0) is 30.2 Å². The second-order valence-electron chi connectivity index (χ2n) is 6.01. The molecule has 2 aromatic carbocycles. The Morgan fingerprint density at radius 2 is 1.81 bits per heavy atom. The van der Waals surface area contributed by atoms with E-state index in [1.54, 1.807) is 0 Å². The fraction of sp³-hybridized carbons (Fsp3) is 0.333. The minimum atomic E-state index is -0.0628. The maximum atomic E-state index is 9.89. The zero-order valence-corrected chi connectivity index (χ0v) is 11.9. The summed E-state index contributed by atoms with van der Waals surface area (Å²) in [5.41, 5.74) is 3.76. The Bertz CT molecular complexity index is 643. The standard InChI is InChI=1S/C18H20N2O/c21-12-16-18(10-11-19-16)14-8-4-5-9-15(14)20-17(18)13-6-2-1-3-7-13/h1-9,16-17,19-21H,10-12H2/t16-,17+,18+/m0/s1. The number of anilines is 1. The Morgan fingerprint density at radius 3 is 2.62 bits per heavy atom. The molecule has 3 N–H and O–H groups in total. The number of fused-ring (bicyclic) bond motifs is 2. The summed E-state index contributed by atoms with van der Waals surface area (Å²) in [5, 5.41) is 17.1. The van der Waals surface area contributed by atoms with E-state index in [1.807, 2.05) is 0 Å². The lowest BCUT2D eigenvalue weighted by molar-refractivity contribution is 0.199. The minimum absolute atomic E-state index is 0.0628. The highest BCUT2D eigenvalue weighted by Crippen LogP contribution is 2.54. The number of aliphatic hydroxyl groups excluding tert-OH is 1. The van der Waals surface area contributed by atoms with Gasteiger partial charge in [0.15, 0.2) is 0 Å². The van der Waals surface area contributed by atoms with Crippen LogP contribution in [-0.2, 0) is 5.41 Å². The van der Waals surface area contributed by atoms with Crippen LogP contribution in [0.15, 0.2) is 54.6 Å². The van der Waals surface area contributed by atoms with E-state index >= 15 is 0 Å². The van der Waals surface area contributed by atoms with Gasteiger partial charge in [-0.25, -0.2) is 0 Å². The third-order valence-electron chi connectivity index (χ3n) is 5.11. The molecule has 2 aliphatic heterocycles. The predicted molar refractivity (Wildman–Crippen MR) is 84.4 cm³/mol. The number of aliphatic hydroxyl groups is 1. The summed E-state index contributed by atoms with van der Waals surface area (Å²) in [6, 6.07) is 19.4. The molecule has 0 aliphatic carbocycles. The number of hydrogen-bond donors (Lipinski definition) is 3. The van der Waals surface area contributed by atoms with Crippen molar-refractivity contribution in [3.05, 3.63) is 65.7 Å². The first-order chi connectivity index (χ1) is 10.4. The molecule has 1 saturated heterocycles. The number of nitrogens with one attached hydrogen (secondary N) is 2. The smallest absolute Gasteiger partial charge is 0.0627 e. The average molecular weight is 280 g/mol. The maximum absolute atomic E-state index is 9.89. The van der Waals surface area contributed by atoms with E-state index in [-0.39, 0.29) is 24.1 Å². The van der Waals surface area contributed by atoms with Crippen LogP contribution in [0, 0.1) is 0 Å². The molecule has 21 heavy (non-hydrogen) atoms. The first kappa shape index (κ1) is 12.9. The average Bonchev–Trinajstić information content (AvgIpc) is 3.12. The fourth-order valence-electron chi connectivity index (χ4n) is 4.19. The van der Waals surface area contributed by atoms with E-state index in [9.17, 15) is 5.11 Å². The van der Waals surface area contributed by atoms with Crippen molar-refractivity contribution in [3.63, 3.8) is 0 Å². The Hall–Kier alpha value is -1.84. The molecule has 2 aliphatic rings. The summed E-state index contributed by atoms with van der Waals surface area (Å²) in [6.07, 6.45) is 1.04. The molecule has 0 aromatic heterocycles. The third kappa shape index (κ3) is 1.74. The minimum Gasteiger partial charge on any atom is -0.395 e. The normalized spacial score (nSPS) is 30.3. The number of rotatable bonds is 2. The van der Waals surface area contributed by atoms with Crippen molar-refractivity contribution in [2.45, 2.75) is 23.9 Å². The SMILES string of the molecule is OC[C@@H]1NCC[C@@]12c1ccccc1N[C@@H]2c1ccccc1. The predicted octanol–water partition coefficient (Wildman–Crippen LogP) is 2.45. The Balaban J connectivity index is 1.89. The molecule has 4 rings (SSSR count). The summed E-state index contributed by atoms with van der Waals surface area (Å²) >= 11 is 0. The molecule has 0 bridgehead atoms. The Kier molecular flexibility index (Phi) is 2.98. The topological polar surface area (TPSA) is 44.3 Å². The molecule has 3 nitrogen and oxygen atoms in total. The van der Waals surface area contributed by atoms with Crippen LogP contribution in [0.2, 0.25) is 0 Å². The maximum Gasteiger partial charge on any atom is 0.0627 e. The summed E-state index contributed by atoms with van der Waals surface area (Å²) in [7, 11) is 0.